The van der Waals surface area contributed by atoms with E-state index in [4.69, 9.17) is 23.2 Å². The van der Waals surface area contributed by atoms with E-state index in [-0.39, 0.29) is 5.56 Å². The van der Waals surface area contributed by atoms with E-state index < -0.39 is 22.8 Å². The van der Waals surface area contributed by atoms with Crippen LogP contribution in [0.2, 0.25) is 4.34 Å². The topological polar surface area (TPSA) is 0 Å². The van der Waals surface area contributed by atoms with Crippen molar-refractivity contribution in [3.8, 4) is 0 Å². The first-order chi connectivity index (χ1) is 8.40. The SMILES string of the molecule is Fc1cc(F)c(C(Cl)c2cc(Br)c(Cl)s2)c(F)c1. The minimum absolute atomic E-state index is 0.386. The molecule has 1 aromatic carbocycles. The van der Waals surface area contributed by atoms with Crippen molar-refractivity contribution in [2.24, 2.45) is 0 Å². The minimum Gasteiger partial charge on any atom is -0.207 e. The number of hydrogen-bond acceptors (Lipinski definition) is 1. The average Bonchev–Trinajstić information content (AvgIpc) is 2.57. The van der Waals surface area contributed by atoms with Gasteiger partial charge in [0.25, 0.3) is 0 Å². The summed E-state index contributed by atoms with van der Waals surface area (Å²) in [6.45, 7) is 0. The van der Waals surface area contributed by atoms with Gasteiger partial charge in [0, 0.05) is 27.0 Å². The Morgan fingerprint density at radius 3 is 2.11 bits per heavy atom. The fourth-order valence-electron chi connectivity index (χ4n) is 1.43. The first-order valence-electron chi connectivity index (χ1n) is 4.63. The summed E-state index contributed by atoms with van der Waals surface area (Å²) < 4.78 is 40.9. The zero-order valence-corrected chi connectivity index (χ0v) is 12.4. The Hall–Kier alpha value is -0.230. The summed E-state index contributed by atoms with van der Waals surface area (Å²) in [5.74, 6) is -3.02. The van der Waals surface area contributed by atoms with Crippen molar-refractivity contribution in [1.82, 2.24) is 0 Å². The van der Waals surface area contributed by atoms with Crippen molar-refractivity contribution in [3.05, 3.63) is 54.9 Å². The predicted molar refractivity (Wildman–Crippen MR) is 71.0 cm³/mol. The Morgan fingerprint density at radius 2 is 1.67 bits per heavy atom. The zero-order valence-electron chi connectivity index (χ0n) is 8.49. The number of thiophene rings is 1. The number of alkyl halides is 1. The molecule has 0 aliphatic rings. The molecule has 2 aromatic rings. The molecule has 0 fully saturated rings. The molecule has 1 heterocycles. The number of benzene rings is 1. The van der Waals surface area contributed by atoms with E-state index in [9.17, 15) is 13.2 Å². The van der Waals surface area contributed by atoms with Crippen LogP contribution in [0.15, 0.2) is 22.7 Å². The fraction of sp³-hybridized carbons (Fsp3) is 0.0909. The van der Waals surface area contributed by atoms with E-state index in [1.54, 1.807) is 6.07 Å². The van der Waals surface area contributed by atoms with Crippen molar-refractivity contribution in [1.29, 1.82) is 0 Å². The van der Waals surface area contributed by atoms with Crippen LogP contribution >= 0.6 is 50.5 Å². The van der Waals surface area contributed by atoms with Gasteiger partial charge in [0.1, 0.15) is 21.8 Å². The largest absolute Gasteiger partial charge is 0.207 e. The highest BCUT2D eigenvalue weighted by Gasteiger charge is 2.23. The molecule has 1 atom stereocenters. The van der Waals surface area contributed by atoms with Crippen LogP contribution in [0, 0.1) is 17.5 Å². The van der Waals surface area contributed by atoms with E-state index in [1.165, 1.54) is 0 Å². The molecule has 1 aromatic heterocycles. The maximum atomic E-state index is 13.6. The molecule has 1 unspecified atom stereocenters. The second-order valence-corrected chi connectivity index (χ2v) is 6.39. The van der Waals surface area contributed by atoms with Crippen LogP contribution in [0.5, 0.6) is 0 Å². The average molecular weight is 376 g/mol. The third-order valence-corrected chi connectivity index (χ3v) is 5.33. The third-order valence-electron chi connectivity index (χ3n) is 2.21. The van der Waals surface area contributed by atoms with Crippen molar-refractivity contribution >= 4 is 50.5 Å². The van der Waals surface area contributed by atoms with Gasteiger partial charge in [-0.15, -0.1) is 22.9 Å². The molecule has 0 nitrogen and oxygen atoms in total. The van der Waals surface area contributed by atoms with Gasteiger partial charge >= 0.3 is 0 Å². The lowest BCUT2D eigenvalue weighted by molar-refractivity contribution is 0.526. The van der Waals surface area contributed by atoms with Crippen LogP contribution in [-0.2, 0) is 0 Å². The molecular weight excluding hydrogens is 372 g/mol. The molecule has 0 aliphatic carbocycles. The van der Waals surface area contributed by atoms with E-state index in [1.807, 2.05) is 0 Å². The molecule has 0 saturated carbocycles. The van der Waals surface area contributed by atoms with Crippen molar-refractivity contribution in [3.63, 3.8) is 0 Å². The predicted octanol–water partition coefficient (Wildman–Crippen LogP) is 5.91. The van der Waals surface area contributed by atoms with Crippen LogP contribution in [0.25, 0.3) is 0 Å². The molecule has 96 valence electrons. The Morgan fingerprint density at radius 1 is 1.11 bits per heavy atom. The molecular formula is C11H4BrCl2F3S. The Balaban J connectivity index is 2.49. The second kappa shape index (κ2) is 5.41. The Bertz CT molecular complexity index is 557. The molecule has 0 N–H and O–H groups in total. The van der Waals surface area contributed by atoms with Crippen molar-refractivity contribution in [2.45, 2.75) is 5.38 Å². The molecule has 0 saturated heterocycles. The summed E-state index contributed by atoms with van der Waals surface area (Å²) in [6, 6.07) is 2.77. The lowest BCUT2D eigenvalue weighted by Gasteiger charge is -2.10. The monoisotopic (exact) mass is 374 g/mol. The first kappa shape index (κ1) is 14.2. The van der Waals surface area contributed by atoms with Crippen molar-refractivity contribution in [2.75, 3.05) is 0 Å². The second-order valence-electron chi connectivity index (χ2n) is 3.42. The highest BCUT2D eigenvalue weighted by molar-refractivity contribution is 9.10. The summed E-state index contributed by atoms with van der Waals surface area (Å²) in [6.07, 6.45) is 0. The summed E-state index contributed by atoms with van der Waals surface area (Å²) in [4.78, 5) is 0.470. The molecule has 0 bridgehead atoms. The molecule has 0 aliphatic heterocycles. The minimum atomic E-state index is -1.06. The molecule has 0 radical (unpaired) electrons. The lowest BCUT2D eigenvalue weighted by atomic mass is 10.1. The summed E-state index contributed by atoms with van der Waals surface area (Å²) in [5, 5.41) is -1.06. The molecule has 18 heavy (non-hydrogen) atoms. The van der Waals surface area contributed by atoms with E-state index in [0.29, 0.717) is 25.8 Å². The van der Waals surface area contributed by atoms with Crippen LogP contribution < -0.4 is 0 Å². The third kappa shape index (κ3) is 2.69. The Kier molecular flexibility index (Phi) is 4.26. The lowest BCUT2D eigenvalue weighted by Crippen LogP contribution is -2.00. The van der Waals surface area contributed by atoms with Crippen LogP contribution in [-0.4, -0.2) is 0 Å². The maximum Gasteiger partial charge on any atom is 0.134 e. The zero-order chi connectivity index (χ0) is 13.4. The highest BCUT2D eigenvalue weighted by Crippen LogP contribution is 2.41. The molecule has 2 rings (SSSR count). The normalized spacial score (nSPS) is 12.8. The van der Waals surface area contributed by atoms with Gasteiger partial charge in [-0.25, -0.2) is 13.2 Å². The van der Waals surface area contributed by atoms with Gasteiger partial charge in [-0.05, 0) is 22.0 Å². The van der Waals surface area contributed by atoms with Gasteiger partial charge in [-0.2, -0.15) is 0 Å². The van der Waals surface area contributed by atoms with Gasteiger partial charge < -0.3 is 0 Å². The van der Waals surface area contributed by atoms with Gasteiger partial charge in [0.05, 0.1) is 5.38 Å². The van der Waals surface area contributed by atoms with Gasteiger partial charge in [-0.3, -0.25) is 0 Å². The first-order valence-corrected chi connectivity index (χ1v) is 7.05. The smallest absolute Gasteiger partial charge is 0.134 e. The van der Waals surface area contributed by atoms with Crippen LogP contribution in [0.4, 0.5) is 13.2 Å². The van der Waals surface area contributed by atoms with E-state index in [0.717, 1.165) is 11.3 Å². The van der Waals surface area contributed by atoms with Gasteiger partial charge in [0.15, 0.2) is 0 Å². The summed E-state index contributed by atoms with van der Waals surface area (Å²) >= 11 is 16.1. The highest BCUT2D eigenvalue weighted by atomic mass is 79.9. The molecule has 0 spiro atoms. The molecule has 0 amide bonds. The van der Waals surface area contributed by atoms with Gasteiger partial charge in [-0.1, -0.05) is 11.6 Å². The number of rotatable bonds is 2. The molecule has 7 heteroatoms. The van der Waals surface area contributed by atoms with Crippen LogP contribution in [0.1, 0.15) is 15.8 Å². The number of hydrogen-bond donors (Lipinski definition) is 0. The van der Waals surface area contributed by atoms with Crippen molar-refractivity contribution < 1.29 is 13.2 Å². The standard InChI is InChI=1S/C11H4BrCl2F3S/c12-5-3-8(18-11(5)14)10(13)9-6(16)1-4(15)2-7(9)17/h1-3,10H. The summed E-state index contributed by atoms with van der Waals surface area (Å²) in [7, 11) is 0. The van der Waals surface area contributed by atoms with Crippen LogP contribution in [0.3, 0.4) is 0 Å². The van der Waals surface area contributed by atoms with E-state index >= 15 is 0 Å². The number of halogens is 6. The maximum absolute atomic E-state index is 13.6. The Labute approximate surface area is 123 Å². The van der Waals surface area contributed by atoms with Gasteiger partial charge in [0.2, 0.25) is 0 Å². The fourth-order valence-corrected chi connectivity index (χ4v) is 3.56. The quantitative estimate of drug-likeness (QED) is 0.572. The van der Waals surface area contributed by atoms with E-state index in [2.05, 4.69) is 15.9 Å². The summed E-state index contributed by atoms with van der Waals surface area (Å²) in [5.41, 5.74) is -0.386.